The number of carbonyl (C=O) groups is 1. The van der Waals surface area contributed by atoms with E-state index in [0.29, 0.717) is 34.0 Å². The first-order chi connectivity index (χ1) is 17.2. The topological polar surface area (TPSA) is 115 Å². The van der Waals surface area contributed by atoms with Crippen molar-refractivity contribution in [3.8, 4) is 0 Å². The molecule has 1 saturated carbocycles. The number of piperidine rings is 1. The van der Waals surface area contributed by atoms with E-state index in [4.69, 9.17) is 0 Å². The second-order valence-electron chi connectivity index (χ2n) is 10.2. The average Bonchev–Trinajstić information content (AvgIpc) is 3.60. The minimum atomic E-state index is -3.78. The van der Waals surface area contributed by atoms with E-state index in [9.17, 15) is 22.7 Å². The first kappa shape index (κ1) is 24.8. The molecule has 3 heterocycles. The maximum atomic E-state index is 13.4. The quantitative estimate of drug-likeness (QED) is 0.493. The third-order valence-electron chi connectivity index (χ3n) is 7.55. The second kappa shape index (κ2) is 9.51. The summed E-state index contributed by atoms with van der Waals surface area (Å²) in [4.78, 5) is 21.8. The molecule has 0 radical (unpaired) electrons. The molecule has 194 valence electrons. The van der Waals surface area contributed by atoms with E-state index in [1.54, 1.807) is 36.4 Å². The Labute approximate surface area is 210 Å². The molecule has 1 atom stereocenters. The Morgan fingerprint density at radius 2 is 1.89 bits per heavy atom. The summed E-state index contributed by atoms with van der Waals surface area (Å²) in [5.74, 6) is 0.616. The number of nitrogens with one attached hydrogen (secondary N) is 2. The van der Waals surface area contributed by atoms with Crippen molar-refractivity contribution in [1.82, 2.24) is 4.98 Å². The lowest BCUT2D eigenvalue weighted by Crippen LogP contribution is -2.48. The molecular weight excluding hydrogens is 485 g/mol. The van der Waals surface area contributed by atoms with Crippen molar-refractivity contribution >= 4 is 38.9 Å². The summed E-state index contributed by atoms with van der Waals surface area (Å²) in [6.45, 7) is 3.09. The molecule has 3 aliphatic rings. The lowest BCUT2D eigenvalue weighted by atomic mass is 9.93. The Morgan fingerprint density at radius 3 is 2.53 bits per heavy atom. The summed E-state index contributed by atoms with van der Waals surface area (Å²) >= 11 is 0. The summed E-state index contributed by atoms with van der Waals surface area (Å²) in [6, 6.07) is 10.1. The number of rotatable bonds is 8. The molecule has 11 heteroatoms. The number of sulfonamides is 1. The third kappa shape index (κ3) is 5.12. The number of alkyl halides is 1. The second-order valence-corrected chi connectivity index (χ2v) is 12.3. The van der Waals surface area contributed by atoms with Gasteiger partial charge in [-0.15, -0.1) is 0 Å². The van der Waals surface area contributed by atoms with Gasteiger partial charge in [0.1, 0.15) is 23.1 Å². The van der Waals surface area contributed by atoms with Crippen LogP contribution >= 0.6 is 0 Å². The highest BCUT2D eigenvalue weighted by Gasteiger charge is 2.44. The number of carbonyl (C=O) groups excluding carboxylic acids is 1. The molecule has 0 bridgehead atoms. The Kier molecular flexibility index (Phi) is 6.54. The first-order valence-corrected chi connectivity index (χ1v) is 13.9. The van der Waals surface area contributed by atoms with E-state index in [1.165, 1.54) is 19.8 Å². The molecule has 3 fully saturated rings. The van der Waals surface area contributed by atoms with Crippen LogP contribution in [0.1, 0.15) is 43.0 Å². The molecule has 1 aliphatic carbocycles. The van der Waals surface area contributed by atoms with Crippen LogP contribution in [-0.2, 0) is 10.0 Å². The van der Waals surface area contributed by atoms with Gasteiger partial charge in [-0.05, 0) is 68.4 Å². The molecule has 9 nitrogen and oxygen atoms in total. The van der Waals surface area contributed by atoms with E-state index in [0.717, 1.165) is 25.9 Å². The number of aliphatic hydroxyl groups excluding tert-OH is 1. The number of nitrogens with zero attached hydrogens (tertiary/aromatic N) is 3. The Balaban J connectivity index is 1.39. The standard InChI is InChI=1S/C25H32FN5O4S/c1-17(16-32)36(34,35)29-19-5-6-20(21(13-19)30-11-9-25(7-8-25)10-12-30)24(33)28-22-3-2-4-23(27-22)31-14-18(26)15-31/h2-6,13,17-18,29,32H,7-12,14-16H2,1H3,(H,27,28,33)/t17-/m0/s1. The minimum absolute atomic E-state index is 0.289. The summed E-state index contributed by atoms with van der Waals surface area (Å²) in [5.41, 5.74) is 1.85. The first-order valence-electron chi connectivity index (χ1n) is 12.4. The van der Waals surface area contributed by atoms with Crippen LogP contribution in [0.25, 0.3) is 0 Å². The van der Waals surface area contributed by atoms with Crippen molar-refractivity contribution < 1.29 is 22.7 Å². The van der Waals surface area contributed by atoms with E-state index >= 15 is 0 Å². The van der Waals surface area contributed by atoms with Crippen molar-refractivity contribution in [2.24, 2.45) is 5.41 Å². The van der Waals surface area contributed by atoms with Crippen LogP contribution in [0.15, 0.2) is 36.4 Å². The van der Waals surface area contributed by atoms with E-state index in [1.807, 2.05) is 4.90 Å². The number of benzene rings is 1. The SMILES string of the molecule is C[C@@H](CO)S(=O)(=O)Nc1ccc(C(=O)Nc2cccc(N3CC(F)C3)n2)c(N2CCC3(CC2)CC3)c1. The van der Waals surface area contributed by atoms with Crippen molar-refractivity contribution in [2.45, 2.75) is 44.0 Å². The number of aliphatic hydroxyl groups is 1. The van der Waals surface area contributed by atoms with Gasteiger partial charge < -0.3 is 20.2 Å². The van der Waals surface area contributed by atoms with Crippen LogP contribution in [0.5, 0.6) is 0 Å². The Bertz CT molecular complexity index is 1240. The van der Waals surface area contributed by atoms with Gasteiger partial charge in [0.25, 0.3) is 5.91 Å². The summed E-state index contributed by atoms with van der Waals surface area (Å²) in [5, 5.41) is 11.2. The van der Waals surface area contributed by atoms with Gasteiger partial charge in [-0.2, -0.15) is 0 Å². The molecule has 1 spiro atoms. The van der Waals surface area contributed by atoms with E-state index < -0.39 is 28.1 Å². The van der Waals surface area contributed by atoms with Gasteiger partial charge in [-0.25, -0.2) is 17.8 Å². The highest BCUT2D eigenvalue weighted by molar-refractivity contribution is 7.93. The fraction of sp³-hybridized carbons (Fsp3) is 0.520. The van der Waals surface area contributed by atoms with Gasteiger partial charge in [0, 0.05) is 13.1 Å². The minimum Gasteiger partial charge on any atom is -0.395 e. The predicted octanol–water partition coefficient (Wildman–Crippen LogP) is 2.99. The lowest BCUT2D eigenvalue weighted by molar-refractivity contribution is 0.102. The number of amides is 1. The zero-order valence-corrected chi connectivity index (χ0v) is 21.1. The van der Waals surface area contributed by atoms with Crippen molar-refractivity contribution in [1.29, 1.82) is 0 Å². The van der Waals surface area contributed by atoms with Gasteiger partial charge in [0.05, 0.1) is 36.6 Å². The fourth-order valence-electron chi connectivity index (χ4n) is 4.78. The molecular formula is C25H32FN5O4S. The number of hydrogen-bond donors (Lipinski definition) is 3. The monoisotopic (exact) mass is 517 g/mol. The van der Waals surface area contributed by atoms with Crippen molar-refractivity contribution in [3.05, 3.63) is 42.0 Å². The van der Waals surface area contributed by atoms with Crippen LogP contribution in [0.3, 0.4) is 0 Å². The molecule has 1 aromatic heterocycles. The number of aromatic nitrogens is 1. The molecule has 2 saturated heterocycles. The predicted molar refractivity (Wildman–Crippen MR) is 138 cm³/mol. The Morgan fingerprint density at radius 1 is 1.17 bits per heavy atom. The van der Waals surface area contributed by atoms with Crippen LogP contribution in [-0.4, -0.2) is 68.6 Å². The van der Waals surface area contributed by atoms with Gasteiger partial charge in [-0.3, -0.25) is 9.52 Å². The molecule has 1 amide bonds. The summed E-state index contributed by atoms with van der Waals surface area (Å²) in [7, 11) is -3.78. The van der Waals surface area contributed by atoms with Crippen LogP contribution in [0.2, 0.25) is 0 Å². The molecule has 0 unspecified atom stereocenters. The third-order valence-corrected chi connectivity index (χ3v) is 9.28. The summed E-state index contributed by atoms with van der Waals surface area (Å²) < 4.78 is 40.8. The fourth-order valence-corrected chi connectivity index (χ4v) is 5.63. The molecule has 36 heavy (non-hydrogen) atoms. The maximum Gasteiger partial charge on any atom is 0.258 e. The van der Waals surface area contributed by atoms with Gasteiger partial charge >= 0.3 is 0 Å². The maximum absolute atomic E-state index is 13.4. The average molecular weight is 518 g/mol. The number of halogens is 1. The number of anilines is 4. The number of pyridine rings is 1. The summed E-state index contributed by atoms with van der Waals surface area (Å²) in [6.07, 6.45) is 3.72. The Hall–Kier alpha value is -2.92. The van der Waals surface area contributed by atoms with Crippen LogP contribution < -0.4 is 19.8 Å². The zero-order chi connectivity index (χ0) is 25.5. The molecule has 2 aromatic rings. The van der Waals surface area contributed by atoms with Crippen molar-refractivity contribution in [3.63, 3.8) is 0 Å². The number of hydrogen-bond acceptors (Lipinski definition) is 7. The lowest BCUT2D eigenvalue weighted by Gasteiger charge is -2.35. The highest BCUT2D eigenvalue weighted by atomic mass is 32.2. The molecule has 1 aromatic carbocycles. The van der Waals surface area contributed by atoms with Gasteiger partial charge in [0.15, 0.2) is 0 Å². The zero-order valence-electron chi connectivity index (χ0n) is 20.3. The van der Waals surface area contributed by atoms with E-state index in [2.05, 4.69) is 19.9 Å². The molecule has 5 rings (SSSR count). The normalized spacial score (nSPS) is 20.1. The molecule has 3 N–H and O–H groups in total. The highest BCUT2D eigenvalue weighted by Crippen LogP contribution is 2.54. The van der Waals surface area contributed by atoms with Crippen LogP contribution in [0.4, 0.5) is 27.4 Å². The van der Waals surface area contributed by atoms with Gasteiger partial charge in [0.2, 0.25) is 10.0 Å². The van der Waals surface area contributed by atoms with Crippen LogP contribution in [0, 0.1) is 5.41 Å². The molecule has 2 aliphatic heterocycles. The van der Waals surface area contributed by atoms with Crippen molar-refractivity contribution in [2.75, 3.05) is 52.6 Å². The largest absolute Gasteiger partial charge is 0.395 e. The van der Waals surface area contributed by atoms with E-state index in [-0.39, 0.29) is 19.0 Å². The smallest absolute Gasteiger partial charge is 0.258 e. The van der Waals surface area contributed by atoms with Gasteiger partial charge in [-0.1, -0.05) is 6.07 Å².